The van der Waals surface area contributed by atoms with Crippen LogP contribution in [0.2, 0.25) is 0 Å². The lowest BCUT2D eigenvalue weighted by atomic mass is 9.52. The number of aryl methyl sites for hydroxylation is 4. The fourth-order valence-corrected chi connectivity index (χ4v) is 8.01. The van der Waals surface area contributed by atoms with E-state index in [2.05, 4.69) is 28.3 Å². The molecule has 2 bridgehead atoms. The van der Waals surface area contributed by atoms with E-state index in [9.17, 15) is 9.59 Å². The van der Waals surface area contributed by atoms with Crippen LogP contribution in [0.25, 0.3) is 0 Å². The first-order valence-corrected chi connectivity index (χ1v) is 15.1. The molecule has 0 spiro atoms. The Morgan fingerprint density at radius 1 is 0.730 bits per heavy atom. The minimum absolute atomic E-state index is 0.174. The lowest BCUT2D eigenvalue weighted by Gasteiger charge is -2.59. The van der Waals surface area contributed by atoms with Crippen molar-refractivity contribution in [2.24, 2.45) is 10.8 Å². The van der Waals surface area contributed by atoms with Crippen molar-refractivity contribution in [2.75, 3.05) is 6.16 Å². The van der Waals surface area contributed by atoms with E-state index in [1.54, 1.807) is 0 Å². The average Bonchev–Trinajstić information content (AvgIpc) is 2.94. The zero-order valence-electron chi connectivity index (χ0n) is 22.0. The van der Waals surface area contributed by atoms with Gasteiger partial charge >= 0.3 is 11.9 Å². The topological polar surface area (TPSA) is 52.6 Å². The van der Waals surface area contributed by atoms with Gasteiger partial charge in [-0.25, -0.2) is 9.59 Å². The van der Waals surface area contributed by atoms with E-state index in [1.165, 1.54) is 47.9 Å². The third-order valence-corrected chi connectivity index (χ3v) is 10.8. The second-order valence-electron chi connectivity index (χ2n) is 12.3. The van der Waals surface area contributed by atoms with Gasteiger partial charge in [-0.3, -0.25) is 0 Å². The normalized spacial score (nSPS) is 30.2. The Morgan fingerprint density at radius 3 is 1.68 bits per heavy atom. The van der Waals surface area contributed by atoms with Gasteiger partial charge in [-0.05, 0) is 130 Å². The first kappa shape index (κ1) is 25.1. The SMILES string of the molecule is CC12CCC(CP)(CC1)C(OC(=O)c1ccc3c(c1)CCCC3)C2OC(=O)c1ccc2c(c1)CCCC2. The predicted molar refractivity (Wildman–Crippen MR) is 148 cm³/mol. The summed E-state index contributed by atoms with van der Waals surface area (Å²) >= 11 is 0. The van der Waals surface area contributed by atoms with Gasteiger partial charge in [0.05, 0.1) is 11.1 Å². The van der Waals surface area contributed by atoms with E-state index in [0.717, 1.165) is 57.5 Å². The summed E-state index contributed by atoms with van der Waals surface area (Å²) < 4.78 is 12.7. The highest BCUT2D eigenvalue weighted by Gasteiger charge is 2.61. The molecule has 5 aliphatic carbocycles. The van der Waals surface area contributed by atoms with E-state index in [4.69, 9.17) is 9.47 Å². The van der Waals surface area contributed by atoms with Gasteiger partial charge in [0.2, 0.25) is 0 Å². The maximum atomic E-state index is 13.5. The molecule has 196 valence electrons. The third-order valence-electron chi connectivity index (χ3n) is 10.00. The van der Waals surface area contributed by atoms with E-state index < -0.39 is 12.2 Å². The number of hydrogen-bond acceptors (Lipinski definition) is 4. The van der Waals surface area contributed by atoms with Crippen molar-refractivity contribution in [3.05, 3.63) is 69.8 Å². The van der Waals surface area contributed by atoms with Crippen molar-refractivity contribution in [2.45, 2.75) is 96.2 Å². The van der Waals surface area contributed by atoms with Crippen LogP contribution >= 0.6 is 9.24 Å². The number of carbonyl (C=O) groups is 2. The van der Waals surface area contributed by atoms with Crippen LogP contribution in [0.4, 0.5) is 0 Å². The maximum absolute atomic E-state index is 13.5. The summed E-state index contributed by atoms with van der Waals surface area (Å²) in [6.07, 6.45) is 12.9. The Balaban J connectivity index is 1.27. The van der Waals surface area contributed by atoms with Crippen LogP contribution < -0.4 is 0 Å². The summed E-state index contributed by atoms with van der Waals surface area (Å²) in [6, 6.07) is 12.1. The Morgan fingerprint density at radius 2 is 1.19 bits per heavy atom. The summed E-state index contributed by atoms with van der Waals surface area (Å²) in [5, 5.41) is 0. The molecule has 7 rings (SSSR count). The number of fused-ring (bicyclic) bond motifs is 5. The lowest BCUT2D eigenvalue weighted by Crippen LogP contribution is -2.63. The minimum atomic E-state index is -0.444. The summed E-state index contributed by atoms with van der Waals surface area (Å²) in [5.41, 5.74) is 6.12. The van der Waals surface area contributed by atoms with Crippen molar-refractivity contribution in [3.8, 4) is 0 Å². The standard InChI is InChI=1S/C32H39O4P/c1-31-14-16-32(20-37,17-15-31)28(36-30(34)26-13-11-22-7-3-5-9-24(22)19-26)27(31)35-29(33)25-12-10-21-6-2-4-8-23(21)18-25/h10-13,18-19,27-28H,2-9,14-17,20,37H2,1H3. The summed E-state index contributed by atoms with van der Waals surface area (Å²) in [5.74, 6) is -0.580. The maximum Gasteiger partial charge on any atom is 0.338 e. The van der Waals surface area contributed by atoms with Gasteiger partial charge in [0.1, 0.15) is 12.2 Å². The zero-order valence-corrected chi connectivity index (χ0v) is 23.2. The van der Waals surface area contributed by atoms with Crippen molar-refractivity contribution < 1.29 is 19.1 Å². The number of carbonyl (C=O) groups excluding carboxylic acids is 2. The summed E-state index contributed by atoms with van der Waals surface area (Å²) in [7, 11) is 2.89. The Labute approximate surface area is 223 Å². The molecular weight excluding hydrogens is 479 g/mol. The van der Waals surface area contributed by atoms with Crippen molar-refractivity contribution in [1.82, 2.24) is 0 Å². The summed E-state index contributed by atoms with van der Waals surface area (Å²) in [4.78, 5) is 27.0. The fourth-order valence-electron chi connectivity index (χ4n) is 7.37. The molecule has 3 saturated carbocycles. The molecule has 3 fully saturated rings. The van der Waals surface area contributed by atoms with Gasteiger partial charge in [-0.1, -0.05) is 19.1 Å². The molecule has 0 saturated heterocycles. The van der Waals surface area contributed by atoms with Gasteiger partial charge in [0, 0.05) is 10.8 Å². The van der Waals surface area contributed by atoms with E-state index >= 15 is 0 Å². The van der Waals surface area contributed by atoms with Gasteiger partial charge in [-0.2, -0.15) is 0 Å². The number of ether oxygens (including phenoxy) is 2. The van der Waals surface area contributed by atoms with E-state index in [-0.39, 0.29) is 22.8 Å². The molecule has 0 radical (unpaired) electrons. The second kappa shape index (κ2) is 9.84. The molecule has 4 nitrogen and oxygen atoms in total. The van der Waals surface area contributed by atoms with Crippen LogP contribution in [-0.4, -0.2) is 30.3 Å². The number of esters is 2. The molecule has 2 aromatic rings. The van der Waals surface area contributed by atoms with Crippen LogP contribution in [0.3, 0.4) is 0 Å². The van der Waals surface area contributed by atoms with Crippen LogP contribution in [-0.2, 0) is 35.2 Å². The van der Waals surface area contributed by atoms with Crippen molar-refractivity contribution >= 4 is 21.2 Å². The molecule has 5 aliphatic rings. The molecule has 37 heavy (non-hydrogen) atoms. The molecule has 0 heterocycles. The van der Waals surface area contributed by atoms with Gasteiger partial charge in [0.15, 0.2) is 0 Å². The van der Waals surface area contributed by atoms with Crippen LogP contribution in [0.5, 0.6) is 0 Å². The highest BCUT2D eigenvalue weighted by molar-refractivity contribution is 7.16. The summed E-state index contributed by atoms with van der Waals surface area (Å²) in [6.45, 7) is 2.21. The predicted octanol–water partition coefficient (Wildman–Crippen LogP) is 6.65. The van der Waals surface area contributed by atoms with E-state index in [0.29, 0.717) is 11.1 Å². The first-order valence-electron chi connectivity index (χ1n) is 14.3. The Hall–Kier alpha value is -2.19. The molecule has 2 aromatic carbocycles. The second-order valence-corrected chi connectivity index (χ2v) is 12.7. The number of hydrogen-bond donors (Lipinski definition) is 0. The smallest absolute Gasteiger partial charge is 0.338 e. The van der Waals surface area contributed by atoms with E-state index in [1.807, 2.05) is 24.3 Å². The molecule has 0 amide bonds. The third kappa shape index (κ3) is 4.54. The average molecular weight is 519 g/mol. The highest BCUT2D eigenvalue weighted by atomic mass is 31.0. The van der Waals surface area contributed by atoms with Gasteiger partial charge < -0.3 is 9.47 Å². The molecular formula is C32H39O4P. The molecule has 0 aliphatic heterocycles. The molecule has 3 atom stereocenters. The lowest BCUT2D eigenvalue weighted by molar-refractivity contribution is -0.190. The van der Waals surface area contributed by atoms with Crippen molar-refractivity contribution in [3.63, 3.8) is 0 Å². The zero-order chi connectivity index (χ0) is 25.6. The van der Waals surface area contributed by atoms with Gasteiger partial charge in [0.25, 0.3) is 0 Å². The van der Waals surface area contributed by atoms with Gasteiger partial charge in [-0.15, -0.1) is 9.24 Å². The number of benzene rings is 2. The van der Waals surface area contributed by atoms with Crippen LogP contribution in [0.15, 0.2) is 36.4 Å². The highest BCUT2D eigenvalue weighted by Crippen LogP contribution is 2.59. The largest absolute Gasteiger partial charge is 0.454 e. The van der Waals surface area contributed by atoms with Crippen molar-refractivity contribution in [1.29, 1.82) is 0 Å². The number of rotatable bonds is 5. The van der Waals surface area contributed by atoms with Crippen LogP contribution in [0.1, 0.15) is 101 Å². The fraction of sp³-hybridized carbons (Fsp3) is 0.562. The molecule has 5 heteroatoms. The Bertz CT molecular complexity index is 1210. The minimum Gasteiger partial charge on any atom is -0.454 e. The monoisotopic (exact) mass is 518 g/mol. The first-order chi connectivity index (χ1) is 17.9. The Kier molecular flexibility index (Phi) is 6.68. The molecule has 0 N–H and O–H groups in total. The molecule has 0 aromatic heterocycles. The quantitative estimate of drug-likeness (QED) is 0.329. The molecule has 3 unspecified atom stereocenters. The van der Waals surface area contributed by atoms with Crippen LogP contribution in [0, 0.1) is 10.8 Å².